The Morgan fingerprint density at radius 3 is 2.29 bits per heavy atom. The van der Waals surface area contributed by atoms with Crippen LogP contribution in [0.1, 0.15) is 70.1 Å². The van der Waals surface area contributed by atoms with Crippen LogP contribution in [0, 0.1) is 12.7 Å². The number of ether oxygens (including phenoxy) is 1. The molecule has 0 saturated heterocycles. The molecule has 2 aromatic carbocycles. The third kappa shape index (κ3) is 9.57. The number of aryl methyl sites for hydroxylation is 1. The maximum Gasteiger partial charge on any atom is 0.274 e. The number of hydrogen-bond acceptors (Lipinski definition) is 5. The normalized spacial score (nSPS) is 9.24. The zero-order chi connectivity index (χ0) is 29.1. The van der Waals surface area contributed by atoms with E-state index in [0.29, 0.717) is 16.5 Å². The summed E-state index contributed by atoms with van der Waals surface area (Å²) in [6.07, 6.45) is 4.01. The fraction of sp³-hybridized carbons (Fsp3) is 0.367. The fourth-order valence-electron chi connectivity index (χ4n) is 3.20. The summed E-state index contributed by atoms with van der Waals surface area (Å²) in [6.45, 7) is 15.4. The summed E-state index contributed by atoms with van der Waals surface area (Å²) in [5.74, 6) is 0.402. The van der Waals surface area contributed by atoms with Gasteiger partial charge in [-0.15, -0.1) is 0 Å². The molecule has 4 aromatic rings. The number of aromatic nitrogens is 2. The predicted octanol–water partition coefficient (Wildman–Crippen LogP) is 8.33. The standard InChI is InChI=1S/C22H18FN3O3.C2H5F.3C2H6/c1-13-7-15(4-6-19(13)28-2)21-20(26-12-29-21)22(27)25-9-14-3-5-17-16(8-14)10-24-11-18(17)23;1-2-3;3*1-2/h3-8,10-12H,9H2,1-2H3,(H,25,27);2H2,1H3;3*1-2H3. The van der Waals surface area contributed by atoms with E-state index in [0.717, 1.165) is 22.4 Å². The van der Waals surface area contributed by atoms with Crippen molar-refractivity contribution < 1.29 is 22.7 Å². The Labute approximate surface area is 225 Å². The first-order valence-electron chi connectivity index (χ1n) is 12.9. The maximum absolute atomic E-state index is 13.7. The molecule has 0 radical (unpaired) electrons. The van der Waals surface area contributed by atoms with E-state index in [1.165, 1.54) is 19.5 Å². The van der Waals surface area contributed by atoms with Gasteiger partial charge >= 0.3 is 0 Å². The van der Waals surface area contributed by atoms with Crippen LogP contribution in [0.2, 0.25) is 0 Å². The van der Waals surface area contributed by atoms with Crippen LogP contribution in [0.25, 0.3) is 22.1 Å². The quantitative estimate of drug-likeness (QED) is 0.281. The molecule has 1 N–H and O–H groups in total. The highest BCUT2D eigenvalue weighted by atomic mass is 19.1. The molecule has 6 nitrogen and oxygen atoms in total. The molecule has 2 aromatic heterocycles. The van der Waals surface area contributed by atoms with Crippen molar-refractivity contribution >= 4 is 16.7 Å². The average Bonchev–Trinajstić information content (AvgIpc) is 3.46. The molecule has 0 aliphatic rings. The van der Waals surface area contributed by atoms with Crippen LogP contribution in [-0.4, -0.2) is 29.7 Å². The van der Waals surface area contributed by atoms with Crippen molar-refractivity contribution in [1.82, 2.24) is 15.3 Å². The summed E-state index contributed by atoms with van der Waals surface area (Å²) in [4.78, 5) is 20.6. The van der Waals surface area contributed by atoms with E-state index in [1.54, 1.807) is 31.5 Å². The van der Waals surface area contributed by atoms with Gasteiger partial charge in [0, 0.05) is 29.1 Å². The van der Waals surface area contributed by atoms with E-state index in [1.807, 2.05) is 66.7 Å². The number of benzene rings is 2. The van der Waals surface area contributed by atoms with Gasteiger partial charge in [-0.25, -0.2) is 9.37 Å². The van der Waals surface area contributed by atoms with Gasteiger partial charge in [0.25, 0.3) is 5.91 Å². The van der Waals surface area contributed by atoms with Gasteiger partial charge in [-0.2, -0.15) is 0 Å². The topological polar surface area (TPSA) is 77.2 Å². The van der Waals surface area contributed by atoms with Gasteiger partial charge in [-0.05, 0) is 49.2 Å². The summed E-state index contributed by atoms with van der Waals surface area (Å²) in [6, 6.07) is 10.7. The van der Waals surface area contributed by atoms with Crippen molar-refractivity contribution in [3.63, 3.8) is 0 Å². The molecule has 4 rings (SSSR count). The minimum Gasteiger partial charge on any atom is -0.496 e. The van der Waals surface area contributed by atoms with Crippen molar-refractivity contribution in [2.75, 3.05) is 13.8 Å². The van der Waals surface area contributed by atoms with Crippen LogP contribution in [0.5, 0.6) is 5.75 Å². The van der Waals surface area contributed by atoms with Gasteiger partial charge in [0.05, 0.1) is 20.0 Å². The number of amides is 1. The Bertz CT molecular complexity index is 1230. The van der Waals surface area contributed by atoms with Crippen LogP contribution in [0.15, 0.2) is 59.6 Å². The monoisotopic (exact) mass is 529 g/mol. The number of pyridine rings is 1. The summed E-state index contributed by atoms with van der Waals surface area (Å²) in [5.41, 5.74) is 2.68. The lowest BCUT2D eigenvalue weighted by Gasteiger charge is -2.08. The van der Waals surface area contributed by atoms with Crippen LogP contribution in [0.4, 0.5) is 8.78 Å². The minimum atomic E-state index is -0.375. The van der Waals surface area contributed by atoms with E-state index in [-0.39, 0.29) is 30.6 Å². The summed E-state index contributed by atoms with van der Waals surface area (Å²) < 4.78 is 34.8. The second-order valence-corrected chi connectivity index (χ2v) is 6.84. The first-order valence-corrected chi connectivity index (χ1v) is 12.9. The minimum absolute atomic E-state index is 0.197. The SMILES string of the molecule is CC.CC.CC.CCF.COc1ccc(-c2ocnc2C(=O)NCc2ccc3c(F)cncc3c2)cc1C. The first-order chi connectivity index (χ1) is 18.5. The second-order valence-electron chi connectivity index (χ2n) is 6.84. The molecule has 8 heteroatoms. The zero-order valence-electron chi connectivity index (χ0n) is 24.0. The van der Waals surface area contributed by atoms with E-state index in [9.17, 15) is 13.6 Å². The number of nitrogens with one attached hydrogen (secondary N) is 1. The molecule has 38 heavy (non-hydrogen) atoms. The number of nitrogens with zero attached hydrogens (tertiary/aromatic N) is 2. The Morgan fingerprint density at radius 2 is 1.68 bits per heavy atom. The molecule has 0 unspecified atom stereocenters. The molecule has 208 valence electrons. The molecule has 0 fully saturated rings. The van der Waals surface area contributed by atoms with E-state index >= 15 is 0 Å². The van der Waals surface area contributed by atoms with Gasteiger partial charge < -0.3 is 14.5 Å². The van der Waals surface area contributed by atoms with Gasteiger partial charge in [-0.3, -0.25) is 14.2 Å². The van der Waals surface area contributed by atoms with Gasteiger partial charge in [0.1, 0.15) is 11.6 Å². The highest BCUT2D eigenvalue weighted by Gasteiger charge is 2.19. The van der Waals surface area contributed by atoms with Crippen molar-refractivity contribution in [2.45, 2.75) is 61.9 Å². The number of alkyl halides is 1. The first kappa shape index (κ1) is 34.2. The fourth-order valence-corrected chi connectivity index (χ4v) is 3.20. The largest absolute Gasteiger partial charge is 0.496 e. The molecule has 0 bridgehead atoms. The van der Waals surface area contributed by atoms with Gasteiger partial charge in [0.15, 0.2) is 17.8 Å². The third-order valence-electron chi connectivity index (χ3n) is 4.67. The molecule has 0 aliphatic heterocycles. The number of fused-ring (bicyclic) bond motifs is 1. The highest BCUT2D eigenvalue weighted by Crippen LogP contribution is 2.28. The van der Waals surface area contributed by atoms with Gasteiger partial charge in [-0.1, -0.05) is 53.7 Å². The van der Waals surface area contributed by atoms with Crippen molar-refractivity contribution in [3.8, 4) is 17.1 Å². The van der Waals surface area contributed by atoms with Crippen LogP contribution >= 0.6 is 0 Å². The molecule has 1 amide bonds. The Hall–Kier alpha value is -3.81. The number of hydrogen-bond donors (Lipinski definition) is 1. The lowest BCUT2D eigenvalue weighted by atomic mass is 10.1. The van der Waals surface area contributed by atoms with Gasteiger partial charge in [0.2, 0.25) is 0 Å². The van der Waals surface area contributed by atoms with Crippen molar-refractivity contribution in [3.05, 3.63) is 77.8 Å². The van der Waals surface area contributed by atoms with Crippen LogP contribution in [-0.2, 0) is 6.54 Å². The number of carbonyl (C=O) groups is 1. The van der Waals surface area contributed by atoms with Crippen molar-refractivity contribution in [1.29, 1.82) is 0 Å². The highest BCUT2D eigenvalue weighted by molar-refractivity contribution is 5.97. The zero-order valence-corrected chi connectivity index (χ0v) is 24.0. The number of methoxy groups -OCH3 is 1. The predicted molar refractivity (Wildman–Crippen MR) is 152 cm³/mol. The summed E-state index contributed by atoms with van der Waals surface area (Å²) >= 11 is 0. The molecular weight excluding hydrogens is 488 g/mol. The number of carbonyl (C=O) groups excluding carboxylic acids is 1. The Balaban J connectivity index is 0.00000137. The Kier molecular flexibility index (Phi) is 17.4. The smallest absolute Gasteiger partial charge is 0.274 e. The lowest BCUT2D eigenvalue weighted by molar-refractivity contribution is 0.0946. The molecule has 0 atom stereocenters. The van der Waals surface area contributed by atoms with Crippen LogP contribution in [0.3, 0.4) is 0 Å². The molecule has 0 spiro atoms. The number of rotatable bonds is 5. The third-order valence-corrected chi connectivity index (χ3v) is 4.67. The molecule has 0 saturated carbocycles. The van der Waals surface area contributed by atoms with Crippen molar-refractivity contribution in [2.24, 2.45) is 0 Å². The summed E-state index contributed by atoms with van der Waals surface area (Å²) in [7, 11) is 1.60. The van der Waals surface area contributed by atoms with E-state index in [2.05, 4.69) is 15.3 Å². The number of oxazole rings is 1. The average molecular weight is 530 g/mol. The lowest BCUT2D eigenvalue weighted by Crippen LogP contribution is -2.23. The second kappa shape index (κ2) is 19.3. The summed E-state index contributed by atoms with van der Waals surface area (Å²) in [5, 5.41) is 3.99. The molecule has 2 heterocycles. The number of halogens is 2. The molecular formula is C30H41F2N3O3. The van der Waals surface area contributed by atoms with E-state index < -0.39 is 0 Å². The Morgan fingerprint density at radius 1 is 1.03 bits per heavy atom. The molecule has 0 aliphatic carbocycles. The maximum atomic E-state index is 13.7. The van der Waals surface area contributed by atoms with Crippen LogP contribution < -0.4 is 10.1 Å². The van der Waals surface area contributed by atoms with E-state index in [4.69, 9.17) is 9.15 Å².